The number of anilines is 1. The number of thioether (sulfide) groups is 1. The number of carbonyl (C=O) groups is 1. The number of aromatic nitrogens is 1. The molecule has 0 saturated heterocycles. The molecule has 1 aliphatic rings. The zero-order valence-electron chi connectivity index (χ0n) is 14.7. The maximum Gasteiger partial charge on any atom is 0.268 e. The minimum Gasteiger partial charge on any atom is -0.481 e. The Labute approximate surface area is 168 Å². The van der Waals surface area contributed by atoms with Crippen molar-refractivity contribution < 1.29 is 18.3 Å². The maximum absolute atomic E-state index is 14.4. The van der Waals surface area contributed by atoms with Crippen LogP contribution in [0.4, 0.5) is 14.5 Å². The van der Waals surface area contributed by atoms with Gasteiger partial charge in [-0.1, -0.05) is 17.8 Å². The van der Waals surface area contributed by atoms with Crippen LogP contribution in [0.3, 0.4) is 0 Å². The molecule has 1 amide bonds. The van der Waals surface area contributed by atoms with Crippen LogP contribution in [-0.2, 0) is 4.79 Å². The monoisotopic (exact) mass is 427 g/mol. The van der Waals surface area contributed by atoms with Crippen molar-refractivity contribution in [1.29, 1.82) is 0 Å². The van der Waals surface area contributed by atoms with Gasteiger partial charge in [-0.3, -0.25) is 4.79 Å². The highest BCUT2D eigenvalue weighted by molar-refractivity contribution is 8.03. The number of ether oxygens (including phenoxy) is 1. The summed E-state index contributed by atoms with van der Waals surface area (Å²) in [5, 5.41) is -0.500. The summed E-state index contributed by atoms with van der Waals surface area (Å²) in [6.45, 7) is 0.929. The van der Waals surface area contributed by atoms with E-state index in [2.05, 4.69) is 4.37 Å². The number of hydrogen-bond acceptors (Lipinski definition) is 8. The molecule has 0 saturated carbocycles. The number of amides is 1. The third-order valence-corrected chi connectivity index (χ3v) is 5.86. The van der Waals surface area contributed by atoms with Gasteiger partial charge in [0.25, 0.3) is 5.91 Å². The normalized spacial score (nSPS) is 16.7. The van der Waals surface area contributed by atoms with Crippen LogP contribution < -0.4 is 26.8 Å². The smallest absolute Gasteiger partial charge is 0.268 e. The SMILES string of the molecule is NCCCCOc1sncc1N1C(C(N)=O)=C(N)SC1c1c(F)cccc1F. The molecule has 0 aliphatic carbocycles. The molecule has 28 heavy (non-hydrogen) atoms. The van der Waals surface area contributed by atoms with Crippen molar-refractivity contribution in [3.63, 3.8) is 0 Å². The molecule has 6 N–H and O–H groups in total. The second-order valence-electron chi connectivity index (χ2n) is 5.90. The summed E-state index contributed by atoms with van der Waals surface area (Å²) < 4.78 is 38.7. The Kier molecular flexibility index (Phi) is 6.37. The van der Waals surface area contributed by atoms with E-state index >= 15 is 0 Å². The molecule has 1 aromatic heterocycles. The summed E-state index contributed by atoms with van der Waals surface area (Å²) in [4.78, 5) is 13.4. The lowest BCUT2D eigenvalue weighted by molar-refractivity contribution is -0.114. The van der Waals surface area contributed by atoms with E-state index < -0.39 is 22.9 Å². The number of halogens is 2. The van der Waals surface area contributed by atoms with E-state index in [1.54, 1.807) is 0 Å². The number of nitrogens with zero attached hydrogens (tertiary/aromatic N) is 2. The number of nitrogens with two attached hydrogens (primary N) is 3. The predicted octanol–water partition coefficient (Wildman–Crippen LogP) is 2.40. The van der Waals surface area contributed by atoms with Crippen LogP contribution in [0.25, 0.3) is 0 Å². The number of benzene rings is 1. The molecule has 0 fully saturated rings. The van der Waals surface area contributed by atoms with E-state index in [0.29, 0.717) is 23.9 Å². The zero-order chi connectivity index (χ0) is 20.3. The molecule has 150 valence electrons. The average Bonchev–Trinajstić information content (AvgIpc) is 3.22. The van der Waals surface area contributed by atoms with Gasteiger partial charge in [0.05, 0.1) is 23.4 Å². The Morgan fingerprint density at radius 2 is 2.00 bits per heavy atom. The van der Waals surface area contributed by atoms with Gasteiger partial charge in [-0.2, -0.15) is 4.37 Å². The number of unbranched alkanes of at least 4 members (excludes halogenated alkanes) is 1. The van der Waals surface area contributed by atoms with Gasteiger partial charge in [-0.15, -0.1) is 0 Å². The van der Waals surface area contributed by atoms with Gasteiger partial charge in [-0.05, 0) is 31.5 Å². The first-order chi connectivity index (χ1) is 13.5. The fourth-order valence-electron chi connectivity index (χ4n) is 2.78. The predicted molar refractivity (Wildman–Crippen MR) is 105 cm³/mol. The van der Waals surface area contributed by atoms with Crippen LogP contribution in [0.2, 0.25) is 0 Å². The lowest BCUT2D eigenvalue weighted by atomic mass is 10.1. The highest BCUT2D eigenvalue weighted by Crippen LogP contribution is 2.52. The quantitative estimate of drug-likeness (QED) is 0.553. The van der Waals surface area contributed by atoms with Crippen LogP contribution in [0.15, 0.2) is 35.1 Å². The van der Waals surface area contributed by atoms with Gasteiger partial charge in [0.2, 0.25) is 5.06 Å². The van der Waals surface area contributed by atoms with Crippen molar-refractivity contribution in [1.82, 2.24) is 4.37 Å². The minimum atomic E-state index is -0.966. The Morgan fingerprint density at radius 1 is 1.29 bits per heavy atom. The standard InChI is InChI=1S/C17H19F2N5O2S2/c18-9-4-3-5-10(19)12(9)16-24(13(14(21)25)15(22)27-16)11-8-23-28-17(11)26-7-2-1-6-20/h3-5,8,16H,1-2,6-7,20,22H2,(H2,21,25). The minimum absolute atomic E-state index is 0.0512. The molecule has 1 unspecified atom stereocenters. The molecule has 3 rings (SSSR count). The Morgan fingerprint density at radius 3 is 2.64 bits per heavy atom. The molecule has 0 radical (unpaired) electrons. The molecule has 0 spiro atoms. The molecule has 2 aromatic rings. The molecule has 7 nitrogen and oxygen atoms in total. The van der Waals surface area contributed by atoms with Gasteiger partial charge >= 0.3 is 0 Å². The van der Waals surface area contributed by atoms with Crippen LogP contribution in [0, 0.1) is 11.6 Å². The third kappa shape index (κ3) is 3.91. The lowest BCUT2D eigenvalue weighted by Gasteiger charge is -2.27. The van der Waals surface area contributed by atoms with E-state index in [1.807, 2.05) is 0 Å². The maximum atomic E-state index is 14.4. The first-order valence-corrected chi connectivity index (χ1v) is 10.1. The van der Waals surface area contributed by atoms with E-state index in [9.17, 15) is 13.6 Å². The summed E-state index contributed by atoms with van der Waals surface area (Å²) in [6.07, 6.45) is 2.97. The molecule has 1 aliphatic heterocycles. The molecular weight excluding hydrogens is 408 g/mol. The zero-order valence-corrected chi connectivity index (χ0v) is 16.4. The van der Waals surface area contributed by atoms with Crippen LogP contribution in [0.1, 0.15) is 23.8 Å². The van der Waals surface area contributed by atoms with Crippen LogP contribution >= 0.6 is 23.3 Å². The summed E-state index contributed by atoms with van der Waals surface area (Å²) in [5.74, 6) is -2.33. The first kappa shape index (κ1) is 20.4. The molecular formula is C17H19F2N5O2S2. The fourth-order valence-corrected chi connectivity index (χ4v) is 4.63. The Hall–Kier alpha value is -2.37. The van der Waals surface area contributed by atoms with Crippen molar-refractivity contribution in [2.45, 2.75) is 18.2 Å². The van der Waals surface area contributed by atoms with Gasteiger partial charge in [0.1, 0.15) is 28.4 Å². The number of carbonyl (C=O) groups excluding carboxylic acids is 1. The van der Waals surface area contributed by atoms with Crippen LogP contribution in [0.5, 0.6) is 5.06 Å². The molecule has 2 heterocycles. The van der Waals surface area contributed by atoms with E-state index in [4.69, 9.17) is 21.9 Å². The molecule has 0 bridgehead atoms. The fraction of sp³-hybridized carbons (Fsp3) is 0.294. The van der Waals surface area contributed by atoms with Crippen LogP contribution in [-0.4, -0.2) is 23.4 Å². The molecule has 1 aromatic carbocycles. The third-order valence-electron chi connectivity index (χ3n) is 4.04. The summed E-state index contributed by atoms with van der Waals surface area (Å²) in [7, 11) is 0. The summed E-state index contributed by atoms with van der Waals surface area (Å²) in [6, 6.07) is 3.56. The lowest BCUT2D eigenvalue weighted by Crippen LogP contribution is -2.31. The summed E-state index contributed by atoms with van der Waals surface area (Å²) >= 11 is 2.00. The van der Waals surface area contributed by atoms with Crippen molar-refractivity contribution >= 4 is 34.9 Å². The Balaban J connectivity index is 2.01. The largest absolute Gasteiger partial charge is 0.481 e. The van der Waals surface area contributed by atoms with E-state index in [1.165, 1.54) is 17.2 Å². The highest BCUT2D eigenvalue weighted by Gasteiger charge is 2.41. The van der Waals surface area contributed by atoms with Crippen molar-refractivity contribution in [2.24, 2.45) is 17.2 Å². The first-order valence-electron chi connectivity index (χ1n) is 8.42. The highest BCUT2D eigenvalue weighted by atomic mass is 32.2. The van der Waals surface area contributed by atoms with Gasteiger partial charge in [0.15, 0.2) is 0 Å². The number of rotatable bonds is 8. The second kappa shape index (κ2) is 8.76. The van der Waals surface area contributed by atoms with E-state index in [0.717, 1.165) is 48.3 Å². The van der Waals surface area contributed by atoms with E-state index in [-0.39, 0.29) is 16.3 Å². The Bertz CT molecular complexity index is 885. The summed E-state index contributed by atoms with van der Waals surface area (Å²) in [5.41, 5.74) is 17.0. The van der Waals surface area contributed by atoms with Crippen molar-refractivity contribution in [3.05, 3.63) is 52.3 Å². The second-order valence-corrected chi connectivity index (χ2v) is 7.78. The van der Waals surface area contributed by atoms with Gasteiger partial charge < -0.3 is 26.8 Å². The van der Waals surface area contributed by atoms with Crippen molar-refractivity contribution in [2.75, 3.05) is 18.1 Å². The average molecular weight is 428 g/mol. The topological polar surface area (TPSA) is 120 Å². The van der Waals surface area contributed by atoms with Gasteiger partial charge in [0, 0.05) is 11.5 Å². The molecule has 11 heteroatoms. The number of primary amides is 1. The van der Waals surface area contributed by atoms with Gasteiger partial charge in [-0.25, -0.2) is 8.78 Å². The molecule has 1 atom stereocenters. The number of hydrogen-bond donors (Lipinski definition) is 3. The van der Waals surface area contributed by atoms with Crippen molar-refractivity contribution in [3.8, 4) is 5.06 Å².